The van der Waals surface area contributed by atoms with Gasteiger partial charge in [-0.05, 0) is 48.4 Å². The number of hydrogen-bond donors (Lipinski definition) is 1. The maximum absolute atomic E-state index is 12.6. The summed E-state index contributed by atoms with van der Waals surface area (Å²) in [5.74, 6) is 1.38. The fourth-order valence-corrected chi connectivity index (χ4v) is 3.32. The van der Waals surface area contributed by atoms with Crippen LogP contribution in [0.4, 0.5) is 5.69 Å². The van der Waals surface area contributed by atoms with E-state index >= 15 is 0 Å². The third kappa shape index (κ3) is 4.81. The van der Waals surface area contributed by atoms with Crippen LogP contribution in [-0.2, 0) is 0 Å². The van der Waals surface area contributed by atoms with E-state index in [0.29, 0.717) is 16.5 Å². The van der Waals surface area contributed by atoms with Gasteiger partial charge in [0.2, 0.25) is 0 Å². The number of hydrogen-bond acceptors (Lipinski definition) is 4. The molecule has 1 N–H and O–H groups in total. The molecule has 0 atom stereocenters. The van der Waals surface area contributed by atoms with E-state index in [1.807, 2.05) is 12.1 Å². The van der Waals surface area contributed by atoms with Crippen molar-refractivity contribution in [3.63, 3.8) is 0 Å². The first-order valence-electron chi connectivity index (χ1n) is 8.96. The fourth-order valence-electron chi connectivity index (χ4n) is 2.78. The number of methoxy groups -OCH3 is 1. The van der Waals surface area contributed by atoms with Crippen molar-refractivity contribution >= 4 is 34.8 Å². The molecule has 0 radical (unpaired) electrons. The molecule has 150 valence electrons. The number of benzene rings is 2. The second-order valence-corrected chi connectivity index (χ2v) is 7.38. The summed E-state index contributed by atoms with van der Waals surface area (Å²) in [5, 5.41) is 3.17. The summed E-state index contributed by atoms with van der Waals surface area (Å²) >= 11 is 12.8. The summed E-state index contributed by atoms with van der Waals surface area (Å²) in [4.78, 5) is 16.6. The van der Waals surface area contributed by atoms with Gasteiger partial charge >= 0.3 is 0 Å². The zero-order valence-electron chi connectivity index (χ0n) is 16.2. The molecule has 1 aromatic heterocycles. The molecule has 0 unspecified atom stereocenters. The van der Waals surface area contributed by atoms with Crippen molar-refractivity contribution in [3.8, 4) is 17.2 Å². The minimum Gasteiger partial charge on any atom is -0.496 e. The Morgan fingerprint density at radius 3 is 2.59 bits per heavy atom. The van der Waals surface area contributed by atoms with Gasteiger partial charge in [0.15, 0.2) is 5.75 Å². The van der Waals surface area contributed by atoms with E-state index in [4.69, 9.17) is 32.7 Å². The Balaban J connectivity index is 1.91. The average Bonchev–Trinajstić information content (AvgIpc) is 2.71. The Kier molecular flexibility index (Phi) is 6.62. The number of nitrogens with zero attached hydrogens (tertiary/aromatic N) is 1. The van der Waals surface area contributed by atoms with Crippen molar-refractivity contribution in [2.75, 3.05) is 12.4 Å². The number of pyridine rings is 1. The van der Waals surface area contributed by atoms with Gasteiger partial charge in [-0.3, -0.25) is 9.78 Å². The summed E-state index contributed by atoms with van der Waals surface area (Å²) in [5.41, 5.74) is 1.79. The molecule has 0 spiro atoms. The second kappa shape index (κ2) is 9.16. The number of anilines is 1. The van der Waals surface area contributed by atoms with E-state index in [2.05, 4.69) is 24.1 Å². The Hall–Kier alpha value is -2.76. The van der Waals surface area contributed by atoms with E-state index < -0.39 is 0 Å². The lowest BCUT2D eigenvalue weighted by molar-refractivity contribution is 0.102. The maximum atomic E-state index is 12.6. The maximum Gasteiger partial charge on any atom is 0.257 e. The van der Waals surface area contributed by atoms with Crippen molar-refractivity contribution in [1.29, 1.82) is 0 Å². The third-order valence-electron chi connectivity index (χ3n) is 4.26. The molecular weight excluding hydrogens is 411 g/mol. The van der Waals surface area contributed by atoms with Gasteiger partial charge in [-0.2, -0.15) is 0 Å². The summed E-state index contributed by atoms with van der Waals surface area (Å²) in [7, 11) is 1.62. The number of aromatic nitrogens is 1. The van der Waals surface area contributed by atoms with Crippen LogP contribution < -0.4 is 14.8 Å². The number of carbonyl (C=O) groups is 1. The monoisotopic (exact) mass is 430 g/mol. The summed E-state index contributed by atoms with van der Waals surface area (Å²) in [6.07, 6.45) is 3.17. The first-order chi connectivity index (χ1) is 13.9. The molecule has 5 nitrogen and oxygen atoms in total. The number of rotatable bonds is 6. The van der Waals surface area contributed by atoms with Gasteiger partial charge in [-0.15, -0.1) is 0 Å². The molecule has 0 saturated carbocycles. The van der Waals surface area contributed by atoms with Crippen molar-refractivity contribution in [3.05, 3.63) is 76.0 Å². The molecule has 2 aromatic carbocycles. The molecule has 0 aliphatic rings. The van der Waals surface area contributed by atoms with Crippen LogP contribution in [0.1, 0.15) is 35.7 Å². The molecule has 7 heteroatoms. The first-order valence-corrected chi connectivity index (χ1v) is 9.71. The Labute approximate surface area is 179 Å². The highest BCUT2D eigenvalue weighted by Crippen LogP contribution is 2.40. The van der Waals surface area contributed by atoms with Crippen LogP contribution in [0.5, 0.6) is 17.2 Å². The van der Waals surface area contributed by atoms with Crippen molar-refractivity contribution in [2.45, 2.75) is 19.8 Å². The van der Waals surface area contributed by atoms with Gasteiger partial charge in [0, 0.05) is 11.8 Å². The standard InChI is InChI=1S/C22H20Cl2N2O3/c1-13(2)17-11-15(6-9-19(17)28-3)29-21-18(23)8-7-16(20(21)24)22(27)26-14-5-4-10-25-12-14/h4-13H,1-3H3,(H,26,27). The fraction of sp³-hybridized carbons (Fsp3) is 0.182. The largest absolute Gasteiger partial charge is 0.496 e. The molecule has 0 saturated heterocycles. The molecule has 0 bridgehead atoms. The second-order valence-electron chi connectivity index (χ2n) is 6.59. The lowest BCUT2D eigenvalue weighted by atomic mass is 10.0. The number of amides is 1. The highest BCUT2D eigenvalue weighted by atomic mass is 35.5. The molecule has 1 heterocycles. The molecule has 0 fully saturated rings. The number of carbonyl (C=O) groups excluding carboxylic acids is 1. The average molecular weight is 431 g/mol. The Bertz CT molecular complexity index is 1020. The quantitative estimate of drug-likeness (QED) is 0.480. The minimum absolute atomic E-state index is 0.126. The van der Waals surface area contributed by atoms with E-state index in [1.165, 1.54) is 0 Å². The normalized spacial score (nSPS) is 10.7. The van der Waals surface area contributed by atoms with Gasteiger partial charge in [0.05, 0.1) is 34.6 Å². The Morgan fingerprint density at radius 2 is 1.93 bits per heavy atom. The summed E-state index contributed by atoms with van der Waals surface area (Å²) < 4.78 is 11.4. The minimum atomic E-state index is -0.387. The molecule has 1 amide bonds. The SMILES string of the molecule is COc1ccc(Oc2c(Cl)ccc(C(=O)Nc3cccnc3)c2Cl)cc1C(C)C. The van der Waals surface area contributed by atoms with E-state index in [1.54, 1.807) is 49.8 Å². The summed E-state index contributed by atoms with van der Waals surface area (Å²) in [6, 6.07) is 12.1. The van der Waals surface area contributed by atoms with E-state index in [0.717, 1.165) is 11.3 Å². The van der Waals surface area contributed by atoms with Crippen LogP contribution in [0.2, 0.25) is 10.0 Å². The highest BCUT2D eigenvalue weighted by molar-refractivity contribution is 6.39. The van der Waals surface area contributed by atoms with Crippen molar-refractivity contribution in [1.82, 2.24) is 4.98 Å². The van der Waals surface area contributed by atoms with Gasteiger partial charge in [-0.25, -0.2) is 0 Å². The van der Waals surface area contributed by atoms with E-state index in [-0.39, 0.29) is 28.2 Å². The molecule has 3 aromatic rings. The van der Waals surface area contributed by atoms with Crippen LogP contribution in [0.25, 0.3) is 0 Å². The smallest absolute Gasteiger partial charge is 0.257 e. The number of nitrogens with one attached hydrogen (secondary N) is 1. The zero-order chi connectivity index (χ0) is 21.0. The Morgan fingerprint density at radius 1 is 1.14 bits per heavy atom. The van der Waals surface area contributed by atoms with Crippen LogP contribution in [-0.4, -0.2) is 18.0 Å². The number of ether oxygens (including phenoxy) is 2. The van der Waals surface area contributed by atoms with Gasteiger partial charge in [-0.1, -0.05) is 37.0 Å². The molecule has 0 aliphatic carbocycles. The first kappa shape index (κ1) is 21.0. The topological polar surface area (TPSA) is 60.5 Å². The van der Waals surface area contributed by atoms with Gasteiger partial charge in [0.1, 0.15) is 11.5 Å². The van der Waals surface area contributed by atoms with Crippen LogP contribution in [0.3, 0.4) is 0 Å². The lowest BCUT2D eigenvalue weighted by Gasteiger charge is -2.16. The van der Waals surface area contributed by atoms with Gasteiger partial charge in [0.25, 0.3) is 5.91 Å². The zero-order valence-corrected chi connectivity index (χ0v) is 17.7. The number of halogens is 2. The van der Waals surface area contributed by atoms with Gasteiger partial charge < -0.3 is 14.8 Å². The molecule has 3 rings (SSSR count). The van der Waals surface area contributed by atoms with Crippen molar-refractivity contribution < 1.29 is 14.3 Å². The summed E-state index contributed by atoms with van der Waals surface area (Å²) in [6.45, 7) is 4.12. The van der Waals surface area contributed by atoms with E-state index in [9.17, 15) is 4.79 Å². The predicted octanol–water partition coefficient (Wildman–Crippen LogP) is 6.57. The van der Waals surface area contributed by atoms with Crippen LogP contribution in [0.15, 0.2) is 54.9 Å². The predicted molar refractivity (Wildman–Crippen MR) is 116 cm³/mol. The molecule has 29 heavy (non-hydrogen) atoms. The lowest BCUT2D eigenvalue weighted by Crippen LogP contribution is -2.13. The third-order valence-corrected chi connectivity index (χ3v) is 4.93. The van der Waals surface area contributed by atoms with Crippen LogP contribution in [0, 0.1) is 0 Å². The highest BCUT2D eigenvalue weighted by Gasteiger charge is 2.19. The van der Waals surface area contributed by atoms with Crippen molar-refractivity contribution in [2.24, 2.45) is 0 Å². The molecular formula is C22H20Cl2N2O3. The molecule has 0 aliphatic heterocycles. The van der Waals surface area contributed by atoms with Crippen LogP contribution >= 0.6 is 23.2 Å².